The molecule has 0 unspecified atom stereocenters. The standard InChI is InChI=1S/C19H17ClN2O2/c1-3-12-4-9-16-15(10-12)17(11-18(22-16)19(23)24-2)21-14-7-5-13(20)6-8-14/h4-11H,3H2,1-2H3,(H,21,22). The molecule has 0 atom stereocenters. The highest BCUT2D eigenvalue weighted by Crippen LogP contribution is 2.28. The zero-order valence-corrected chi connectivity index (χ0v) is 14.2. The summed E-state index contributed by atoms with van der Waals surface area (Å²) in [6.45, 7) is 2.10. The summed E-state index contributed by atoms with van der Waals surface area (Å²) in [4.78, 5) is 16.3. The van der Waals surface area contributed by atoms with Crippen molar-refractivity contribution in [2.75, 3.05) is 12.4 Å². The molecule has 0 radical (unpaired) electrons. The van der Waals surface area contributed by atoms with Gasteiger partial charge in [-0.3, -0.25) is 0 Å². The molecule has 3 rings (SSSR count). The van der Waals surface area contributed by atoms with Gasteiger partial charge < -0.3 is 10.1 Å². The molecule has 0 spiro atoms. The number of aryl methyl sites for hydroxylation is 1. The molecule has 1 aromatic heterocycles. The van der Waals surface area contributed by atoms with E-state index in [1.54, 1.807) is 6.07 Å². The van der Waals surface area contributed by atoms with Crippen molar-refractivity contribution in [3.05, 3.63) is 64.8 Å². The Morgan fingerprint density at radius 2 is 1.92 bits per heavy atom. The number of fused-ring (bicyclic) bond motifs is 1. The van der Waals surface area contributed by atoms with Crippen LogP contribution < -0.4 is 5.32 Å². The molecule has 0 aliphatic heterocycles. The van der Waals surface area contributed by atoms with E-state index in [4.69, 9.17) is 16.3 Å². The normalized spacial score (nSPS) is 10.6. The number of carbonyl (C=O) groups is 1. The average Bonchev–Trinajstić information content (AvgIpc) is 2.62. The Labute approximate surface area is 145 Å². The maximum absolute atomic E-state index is 11.9. The van der Waals surface area contributed by atoms with Crippen molar-refractivity contribution >= 4 is 39.8 Å². The molecule has 24 heavy (non-hydrogen) atoms. The van der Waals surface area contributed by atoms with E-state index in [9.17, 15) is 4.79 Å². The van der Waals surface area contributed by atoms with Gasteiger partial charge in [-0.15, -0.1) is 0 Å². The maximum atomic E-state index is 11.9. The van der Waals surface area contributed by atoms with E-state index in [-0.39, 0.29) is 5.69 Å². The van der Waals surface area contributed by atoms with Gasteiger partial charge in [0.05, 0.1) is 18.3 Å². The molecular formula is C19H17ClN2O2. The summed E-state index contributed by atoms with van der Waals surface area (Å²) in [5, 5.41) is 4.96. The number of hydrogen-bond donors (Lipinski definition) is 1. The number of ether oxygens (including phenoxy) is 1. The van der Waals surface area contributed by atoms with Crippen LogP contribution in [-0.4, -0.2) is 18.1 Å². The van der Waals surface area contributed by atoms with E-state index < -0.39 is 5.97 Å². The predicted octanol–water partition coefficient (Wildman–Crippen LogP) is 4.98. The van der Waals surface area contributed by atoms with Crippen molar-refractivity contribution < 1.29 is 9.53 Å². The number of halogens is 1. The molecule has 122 valence electrons. The zero-order chi connectivity index (χ0) is 17.1. The number of aromatic nitrogens is 1. The van der Waals surface area contributed by atoms with Crippen molar-refractivity contribution in [3.63, 3.8) is 0 Å². The molecule has 0 bridgehead atoms. The van der Waals surface area contributed by atoms with Crippen LogP contribution in [0.2, 0.25) is 5.02 Å². The van der Waals surface area contributed by atoms with Crippen LogP contribution in [0.1, 0.15) is 23.0 Å². The number of rotatable bonds is 4. The van der Waals surface area contributed by atoms with Crippen LogP contribution in [0, 0.1) is 0 Å². The molecule has 2 aromatic carbocycles. The van der Waals surface area contributed by atoms with E-state index >= 15 is 0 Å². The smallest absolute Gasteiger partial charge is 0.356 e. The summed E-state index contributed by atoms with van der Waals surface area (Å²) in [6, 6.07) is 15.1. The molecular weight excluding hydrogens is 324 g/mol. The van der Waals surface area contributed by atoms with Gasteiger partial charge in [-0.1, -0.05) is 24.6 Å². The lowest BCUT2D eigenvalue weighted by Gasteiger charge is -2.12. The highest BCUT2D eigenvalue weighted by atomic mass is 35.5. The maximum Gasteiger partial charge on any atom is 0.356 e. The van der Waals surface area contributed by atoms with Crippen molar-refractivity contribution in [1.82, 2.24) is 4.98 Å². The molecule has 0 amide bonds. The number of benzene rings is 2. The second-order valence-corrected chi connectivity index (χ2v) is 5.82. The van der Waals surface area contributed by atoms with Gasteiger partial charge in [0.25, 0.3) is 0 Å². The Kier molecular flexibility index (Phi) is 4.67. The first-order valence-corrected chi connectivity index (χ1v) is 8.03. The molecule has 1 heterocycles. The molecule has 3 aromatic rings. The Morgan fingerprint density at radius 1 is 1.17 bits per heavy atom. The van der Waals surface area contributed by atoms with E-state index in [0.29, 0.717) is 5.02 Å². The van der Waals surface area contributed by atoms with Crippen LogP contribution in [0.25, 0.3) is 10.9 Å². The molecule has 1 N–H and O–H groups in total. The summed E-state index contributed by atoms with van der Waals surface area (Å²) < 4.78 is 4.80. The number of pyridine rings is 1. The number of esters is 1. The fraction of sp³-hybridized carbons (Fsp3) is 0.158. The Balaban J connectivity index is 2.13. The number of carbonyl (C=O) groups excluding carboxylic acids is 1. The Bertz CT molecular complexity index is 892. The van der Waals surface area contributed by atoms with Crippen LogP contribution in [0.15, 0.2) is 48.5 Å². The van der Waals surface area contributed by atoms with E-state index in [1.807, 2.05) is 36.4 Å². The Hall–Kier alpha value is -2.59. The minimum Gasteiger partial charge on any atom is -0.464 e. The summed E-state index contributed by atoms with van der Waals surface area (Å²) in [5.41, 5.74) is 3.90. The first-order chi connectivity index (χ1) is 11.6. The molecule has 0 fully saturated rings. The number of methoxy groups -OCH3 is 1. The number of anilines is 2. The average molecular weight is 341 g/mol. The van der Waals surface area contributed by atoms with Crippen molar-refractivity contribution in [2.45, 2.75) is 13.3 Å². The van der Waals surface area contributed by atoms with Gasteiger partial charge in [0.2, 0.25) is 0 Å². The third-order valence-corrected chi connectivity index (χ3v) is 4.05. The van der Waals surface area contributed by atoms with Crippen LogP contribution in [0.5, 0.6) is 0 Å². The largest absolute Gasteiger partial charge is 0.464 e. The monoisotopic (exact) mass is 340 g/mol. The predicted molar refractivity (Wildman–Crippen MR) is 97.2 cm³/mol. The zero-order valence-electron chi connectivity index (χ0n) is 13.5. The van der Waals surface area contributed by atoms with Crippen LogP contribution in [0.3, 0.4) is 0 Å². The number of nitrogens with zero attached hydrogens (tertiary/aromatic N) is 1. The van der Waals surface area contributed by atoms with E-state index in [0.717, 1.165) is 28.7 Å². The van der Waals surface area contributed by atoms with Crippen molar-refractivity contribution in [3.8, 4) is 0 Å². The second-order valence-electron chi connectivity index (χ2n) is 5.38. The molecule has 0 saturated carbocycles. The number of hydrogen-bond acceptors (Lipinski definition) is 4. The van der Waals surface area contributed by atoms with Gasteiger partial charge in [-0.25, -0.2) is 9.78 Å². The second kappa shape index (κ2) is 6.89. The van der Waals surface area contributed by atoms with Crippen LogP contribution in [-0.2, 0) is 11.2 Å². The minimum absolute atomic E-state index is 0.269. The van der Waals surface area contributed by atoms with Crippen molar-refractivity contribution in [2.24, 2.45) is 0 Å². The van der Waals surface area contributed by atoms with Gasteiger partial charge in [-0.05, 0) is 54.4 Å². The summed E-state index contributed by atoms with van der Waals surface area (Å²) >= 11 is 5.94. The summed E-state index contributed by atoms with van der Waals surface area (Å²) in [7, 11) is 1.35. The third kappa shape index (κ3) is 3.34. The van der Waals surface area contributed by atoms with Gasteiger partial charge in [0.1, 0.15) is 0 Å². The molecule has 4 nitrogen and oxygen atoms in total. The molecule has 0 aliphatic carbocycles. The van der Waals surface area contributed by atoms with E-state index in [2.05, 4.69) is 23.3 Å². The molecule has 0 aliphatic rings. The van der Waals surface area contributed by atoms with Gasteiger partial charge >= 0.3 is 5.97 Å². The van der Waals surface area contributed by atoms with Crippen LogP contribution in [0.4, 0.5) is 11.4 Å². The van der Waals surface area contributed by atoms with Crippen LogP contribution >= 0.6 is 11.6 Å². The van der Waals surface area contributed by atoms with Gasteiger partial charge in [0, 0.05) is 16.1 Å². The first-order valence-electron chi connectivity index (χ1n) is 7.65. The lowest BCUT2D eigenvalue weighted by Crippen LogP contribution is -2.06. The third-order valence-electron chi connectivity index (χ3n) is 3.80. The number of nitrogens with one attached hydrogen (secondary N) is 1. The fourth-order valence-electron chi connectivity index (χ4n) is 2.49. The van der Waals surface area contributed by atoms with E-state index in [1.165, 1.54) is 12.7 Å². The van der Waals surface area contributed by atoms with Gasteiger partial charge in [0.15, 0.2) is 5.69 Å². The van der Waals surface area contributed by atoms with Gasteiger partial charge in [-0.2, -0.15) is 0 Å². The highest BCUT2D eigenvalue weighted by molar-refractivity contribution is 6.30. The quantitative estimate of drug-likeness (QED) is 0.680. The highest BCUT2D eigenvalue weighted by Gasteiger charge is 2.13. The SMILES string of the molecule is CCc1ccc2nc(C(=O)OC)cc(Nc3ccc(Cl)cc3)c2c1. The summed E-state index contributed by atoms with van der Waals surface area (Å²) in [5.74, 6) is -0.462. The molecule has 5 heteroatoms. The van der Waals surface area contributed by atoms with Crippen molar-refractivity contribution in [1.29, 1.82) is 0 Å². The Morgan fingerprint density at radius 3 is 2.58 bits per heavy atom. The lowest BCUT2D eigenvalue weighted by molar-refractivity contribution is 0.0594. The first kappa shape index (κ1) is 16.3. The summed E-state index contributed by atoms with van der Waals surface area (Å²) in [6.07, 6.45) is 0.926. The topological polar surface area (TPSA) is 51.2 Å². The minimum atomic E-state index is -0.462. The molecule has 0 saturated heterocycles. The lowest BCUT2D eigenvalue weighted by atomic mass is 10.1. The fourth-order valence-corrected chi connectivity index (χ4v) is 2.62.